The lowest BCUT2D eigenvalue weighted by Crippen LogP contribution is -2.13. The molecule has 0 spiro atoms. The van der Waals surface area contributed by atoms with Gasteiger partial charge in [0.1, 0.15) is 29.6 Å². The summed E-state index contributed by atoms with van der Waals surface area (Å²) in [4.78, 5) is 3.60. The largest absolute Gasteiger partial charge is 0.455 e. The molecule has 2 atom stereocenters. The van der Waals surface area contributed by atoms with Crippen LogP contribution in [0.15, 0.2) is 29.4 Å². The van der Waals surface area contributed by atoms with Crippen LogP contribution in [0.2, 0.25) is 0 Å². The Kier molecular flexibility index (Phi) is 4.60. The minimum absolute atomic E-state index is 0.00482. The van der Waals surface area contributed by atoms with Gasteiger partial charge >= 0.3 is 0 Å². The first-order valence-electron chi connectivity index (χ1n) is 7.28. The molecule has 2 aromatic rings. The zero-order chi connectivity index (χ0) is 19.1. The van der Waals surface area contributed by atoms with Gasteiger partial charge in [0.05, 0.1) is 17.8 Å². The molecule has 0 aliphatic heterocycles. The number of pyridine rings is 1. The number of alkyl halides is 2. The summed E-state index contributed by atoms with van der Waals surface area (Å²) in [5.74, 6) is -0.960. The number of hydrogen-bond donors (Lipinski definition) is 1. The molecule has 1 heterocycles. The molecule has 26 heavy (non-hydrogen) atoms. The Morgan fingerprint density at radius 1 is 1.38 bits per heavy atom. The van der Waals surface area contributed by atoms with Gasteiger partial charge in [-0.05, 0) is 12.1 Å². The van der Waals surface area contributed by atoms with E-state index in [0.29, 0.717) is 0 Å². The highest BCUT2D eigenvalue weighted by Gasteiger charge is 2.39. The summed E-state index contributed by atoms with van der Waals surface area (Å²) >= 11 is 0. The number of benzene rings is 1. The van der Waals surface area contributed by atoms with Gasteiger partial charge in [-0.1, -0.05) is 0 Å². The van der Waals surface area contributed by atoms with Crippen LogP contribution in [0, 0.1) is 17.1 Å². The van der Waals surface area contributed by atoms with Crippen molar-refractivity contribution in [1.82, 2.24) is 4.98 Å². The molecule has 3 rings (SSSR count). The second-order valence-corrected chi connectivity index (χ2v) is 7.43. The van der Waals surface area contributed by atoms with E-state index in [9.17, 15) is 26.7 Å². The Labute approximate surface area is 146 Å². The Hall–Kier alpha value is -2.64. The average molecular weight is 384 g/mol. The summed E-state index contributed by atoms with van der Waals surface area (Å²) < 4.78 is 69.3. The molecule has 0 radical (unpaired) electrons. The molecule has 0 saturated heterocycles. The van der Waals surface area contributed by atoms with Gasteiger partial charge in [0.2, 0.25) is 9.84 Å². The normalized spacial score (nSPS) is 19.0. The van der Waals surface area contributed by atoms with Gasteiger partial charge < -0.3 is 9.84 Å². The lowest BCUT2D eigenvalue weighted by Gasteiger charge is -2.14. The number of nitriles is 1. The lowest BCUT2D eigenvalue weighted by atomic mass is 10.1. The van der Waals surface area contributed by atoms with Gasteiger partial charge in [-0.2, -0.15) is 5.26 Å². The van der Waals surface area contributed by atoms with E-state index in [1.807, 2.05) is 0 Å². The van der Waals surface area contributed by atoms with Crippen molar-refractivity contribution in [2.75, 3.05) is 6.01 Å². The minimum atomic E-state index is -4.45. The van der Waals surface area contributed by atoms with Crippen LogP contribution in [0.4, 0.5) is 13.2 Å². The van der Waals surface area contributed by atoms with Gasteiger partial charge in [0, 0.05) is 23.6 Å². The van der Waals surface area contributed by atoms with Crippen LogP contribution in [-0.2, 0) is 16.3 Å². The fourth-order valence-electron chi connectivity index (χ4n) is 2.73. The topological polar surface area (TPSA) is 100 Å². The number of aliphatic hydroxyl groups excluding tert-OH is 1. The first kappa shape index (κ1) is 18.2. The molecular weight excluding hydrogens is 373 g/mol. The summed E-state index contributed by atoms with van der Waals surface area (Å²) in [6.45, 7) is 0. The number of hydrogen-bond acceptors (Lipinski definition) is 6. The van der Waals surface area contributed by atoms with Crippen molar-refractivity contribution in [2.45, 2.75) is 23.7 Å². The highest BCUT2D eigenvalue weighted by Crippen LogP contribution is 2.42. The van der Waals surface area contributed by atoms with Gasteiger partial charge in [0.25, 0.3) is 0 Å². The second kappa shape index (κ2) is 6.59. The van der Waals surface area contributed by atoms with E-state index in [2.05, 4.69) is 4.98 Å². The highest BCUT2D eigenvalue weighted by atomic mass is 32.2. The van der Waals surface area contributed by atoms with Crippen molar-refractivity contribution in [2.24, 2.45) is 0 Å². The summed E-state index contributed by atoms with van der Waals surface area (Å²) in [7, 11) is -4.45. The molecule has 1 aliphatic rings. The van der Waals surface area contributed by atoms with E-state index < -0.39 is 39.0 Å². The van der Waals surface area contributed by atoms with E-state index in [1.54, 1.807) is 6.07 Å². The Morgan fingerprint density at radius 2 is 2.12 bits per heavy atom. The number of halogens is 3. The van der Waals surface area contributed by atoms with Crippen molar-refractivity contribution in [1.29, 1.82) is 5.26 Å². The fourth-order valence-corrected chi connectivity index (χ4v) is 3.63. The van der Waals surface area contributed by atoms with Crippen LogP contribution in [0.5, 0.6) is 11.5 Å². The summed E-state index contributed by atoms with van der Waals surface area (Å²) in [6.07, 6.45) is -3.08. The number of aromatic nitrogens is 1. The quantitative estimate of drug-likeness (QED) is 0.869. The first-order chi connectivity index (χ1) is 12.3. The molecule has 1 aromatic carbocycles. The maximum atomic E-state index is 14.0. The SMILES string of the molecule is N#Cc1cc(F)cc(Oc2cnc(S(=O)(=O)CF)c3c2CC(F)C3O)c1. The molecule has 2 unspecified atom stereocenters. The van der Waals surface area contributed by atoms with Crippen molar-refractivity contribution in [3.63, 3.8) is 0 Å². The van der Waals surface area contributed by atoms with Crippen molar-refractivity contribution >= 4 is 9.84 Å². The van der Waals surface area contributed by atoms with E-state index in [1.165, 1.54) is 6.07 Å². The van der Waals surface area contributed by atoms with Gasteiger partial charge in [-0.3, -0.25) is 0 Å². The number of ether oxygens (including phenoxy) is 1. The molecule has 0 fully saturated rings. The van der Waals surface area contributed by atoms with Crippen molar-refractivity contribution in [3.8, 4) is 17.6 Å². The van der Waals surface area contributed by atoms with Crippen molar-refractivity contribution < 1.29 is 31.4 Å². The minimum Gasteiger partial charge on any atom is -0.455 e. The highest BCUT2D eigenvalue weighted by molar-refractivity contribution is 7.91. The monoisotopic (exact) mass is 384 g/mol. The van der Waals surface area contributed by atoms with Crippen LogP contribution >= 0.6 is 0 Å². The number of sulfone groups is 1. The van der Waals surface area contributed by atoms with Crippen LogP contribution in [0.1, 0.15) is 22.8 Å². The molecule has 1 N–H and O–H groups in total. The average Bonchev–Trinajstić information content (AvgIpc) is 2.90. The summed E-state index contributed by atoms with van der Waals surface area (Å²) in [6, 6.07) is 3.15. The molecule has 136 valence electrons. The van der Waals surface area contributed by atoms with Crippen molar-refractivity contribution in [3.05, 3.63) is 46.9 Å². The molecule has 6 nitrogen and oxygen atoms in total. The number of rotatable bonds is 4. The third-order valence-corrected chi connectivity index (χ3v) is 5.06. The Morgan fingerprint density at radius 3 is 2.77 bits per heavy atom. The molecule has 0 saturated carbocycles. The zero-order valence-electron chi connectivity index (χ0n) is 13.0. The smallest absolute Gasteiger partial charge is 0.225 e. The van der Waals surface area contributed by atoms with E-state index in [-0.39, 0.29) is 34.6 Å². The maximum Gasteiger partial charge on any atom is 0.225 e. The predicted octanol–water partition coefficient (Wildman–Crippen LogP) is 2.51. The van der Waals surface area contributed by atoms with E-state index in [0.717, 1.165) is 18.3 Å². The first-order valence-corrected chi connectivity index (χ1v) is 8.93. The molecule has 1 aromatic heterocycles. The molecule has 1 aliphatic carbocycles. The second-order valence-electron chi connectivity index (χ2n) is 5.60. The predicted molar refractivity (Wildman–Crippen MR) is 82.1 cm³/mol. The summed E-state index contributed by atoms with van der Waals surface area (Å²) in [5.41, 5.74) is -0.399. The van der Waals surface area contributed by atoms with Crippen LogP contribution in [0.3, 0.4) is 0 Å². The Balaban J connectivity index is 2.12. The van der Waals surface area contributed by atoms with Gasteiger partial charge in [0.15, 0.2) is 11.0 Å². The Bertz CT molecular complexity index is 1020. The van der Waals surface area contributed by atoms with Gasteiger partial charge in [-0.25, -0.2) is 26.6 Å². The number of fused-ring (bicyclic) bond motifs is 1. The maximum absolute atomic E-state index is 14.0. The third-order valence-electron chi connectivity index (χ3n) is 3.86. The van der Waals surface area contributed by atoms with Gasteiger partial charge in [-0.15, -0.1) is 0 Å². The molecular formula is C16H11F3N2O4S. The van der Waals surface area contributed by atoms with E-state index in [4.69, 9.17) is 10.00 Å². The molecule has 10 heteroatoms. The third kappa shape index (κ3) is 3.11. The molecule has 0 amide bonds. The van der Waals surface area contributed by atoms with E-state index >= 15 is 0 Å². The standard InChI is InChI=1S/C16H11F3N2O4S/c17-7-26(23,24)16-14-11(4-12(19)15(14)22)13(6-21-16)25-10-2-8(5-20)1-9(18)3-10/h1-3,6,12,15,22H,4,7H2. The van der Waals surface area contributed by atoms with Crippen LogP contribution < -0.4 is 4.74 Å². The summed E-state index contributed by atoms with van der Waals surface area (Å²) in [5, 5.41) is 18.0. The number of aliphatic hydroxyl groups is 1. The van der Waals surface area contributed by atoms with Crippen LogP contribution in [0.25, 0.3) is 0 Å². The lowest BCUT2D eigenvalue weighted by molar-refractivity contribution is 0.0903. The zero-order valence-corrected chi connectivity index (χ0v) is 13.8. The van der Waals surface area contributed by atoms with Crippen LogP contribution in [-0.4, -0.2) is 30.7 Å². The fraction of sp³-hybridized carbons (Fsp3) is 0.250. The molecule has 0 bridgehead atoms. The number of nitrogens with zero attached hydrogens (tertiary/aromatic N) is 2.